The number of allylic oxidation sites excluding steroid dienone is 1. The number of ether oxygens (including phenoxy) is 1. The van der Waals surface area contributed by atoms with Crippen molar-refractivity contribution < 1.29 is 14.9 Å². The first-order valence-electron chi connectivity index (χ1n) is 12.9. The number of hydrogen-bond acceptors (Lipinski definition) is 3. The molecule has 1 aliphatic heterocycles. The molecule has 30 heavy (non-hydrogen) atoms. The van der Waals surface area contributed by atoms with Crippen LogP contribution in [0.2, 0.25) is 0 Å². The second kappa shape index (κ2) is 7.32. The maximum absolute atomic E-state index is 11.0. The number of rotatable bonds is 5. The van der Waals surface area contributed by atoms with Crippen molar-refractivity contribution in [1.29, 1.82) is 0 Å². The zero-order valence-electron chi connectivity index (χ0n) is 19.6. The van der Waals surface area contributed by atoms with Gasteiger partial charge in [-0.25, -0.2) is 0 Å². The van der Waals surface area contributed by atoms with Crippen LogP contribution in [0.4, 0.5) is 0 Å². The second-order valence-corrected chi connectivity index (χ2v) is 12.4. The fourth-order valence-corrected chi connectivity index (χ4v) is 8.76. The first kappa shape index (κ1) is 21.5. The van der Waals surface area contributed by atoms with E-state index in [4.69, 9.17) is 4.74 Å². The van der Waals surface area contributed by atoms with Crippen molar-refractivity contribution in [1.82, 2.24) is 0 Å². The van der Waals surface area contributed by atoms with E-state index < -0.39 is 11.2 Å². The van der Waals surface area contributed by atoms with E-state index in [0.717, 1.165) is 55.8 Å². The first-order valence-corrected chi connectivity index (χ1v) is 12.9. The molecule has 0 aromatic rings. The van der Waals surface area contributed by atoms with E-state index in [1.54, 1.807) is 5.57 Å². The molecule has 0 bridgehead atoms. The molecule has 0 radical (unpaired) electrons. The summed E-state index contributed by atoms with van der Waals surface area (Å²) in [7, 11) is 0. The van der Waals surface area contributed by atoms with Gasteiger partial charge in [0.15, 0.2) is 0 Å². The molecule has 5 rings (SSSR count). The SMILES string of the molecule is CC[C@]1(O)CCC2(C)C(=CCC3C2CCC2(C)C(CCCC4(O)COC4)CCC32)C1. The van der Waals surface area contributed by atoms with Crippen molar-refractivity contribution in [3.05, 3.63) is 11.6 Å². The van der Waals surface area contributed by atoms with Gasteiger partial charge >= 0.3 is 0 Å². The summed E-state index contributed by atoms with van der Waals surface area (Å²) >= 11 is 0. The normalized spacial score (nSPS) is 49.4. The lowest BCUT2D eigenvalue weighted by atomic mass is 9.46. The summed E-state index contributed by atoms with van der Waals surface area (Å²) in [4.78, 5) is 0. The Kier molecular flexibility index (Phi) is 5.24. The van der Waals surface area contributed by atoms with Gasteiger partial charge in [-0.2, -0.15) is 0 Å². The van der Waals surface area contributed by atoms with Crippen LogP contribution < -0.4 is 0 Å². The van der Waals surface area contributed by atoms with E-state index in [9.17, 15) is 10.2 Å². The van der Waals surface area contributed by atoms with Gasteiger partial charge in [-0.05, 0) is 105 Å². The highest BCUT2D eigenvalue weighted by Crippen LogP contribution is 2.67. The van der Waals surface area contributed by atoms with Gasteiger partial charge in [0.1, 0.15) is 5.60 Å². The van der Waals surface area contributed by atoms with Gasteiger partial charge < -0.3 is 14.9 Å². The van der Waals surface area contributed by atoms with Crippen molar-refractivity contribution in [3.63, 3.8) is 0 Å². The third kappa shape index (κ3) is 3.25. The molecular formula is C27H44O3. The molecule has 0 aromatic carbocycles. The summed E-state index contributed by atoms with van der Waals surface area (Å²) in [5.74, 6) is 3.38. The lowest BCUT2D eigenvalue weighted by Gasteiger charge is -2.59. The Balaban J connectivity index is 1.29. The molecule has 1 saturated heterocycles. The fourth-order valence-electron chi connectivity index (χ4n) is 8.76. The number of fused-ring (bicyclic) bond motifs is 5. The van der Waals surface area contributed by atoms with Gasteiger partial charge in [0, 0.05) is 0 Å². The molecule has 6 unspecified atom stereocenters. The maximum atomic E-state index is 11.0. The zero-order valence-corrected chi connectivity index (χ0v) is 19.6. The van der Waals surface area contributed by atoms with E-state index in [2.05, 4.69) is 26.8 Å². The van der Waals surface area contributed by atoms with Crippen LogP contribution in [0, 0.1) is 34.5 Å². The van der Waals surface area contributed by atoms with Crippen LogP contribution >= 0.6 is 0 Å². The van der Waals surface area contributed by atoms with E-state index in [0.29, 0.717) is 24.0 Å². The van der Waals surface area contributed by atoms with Crippen LogP contribution in [0.15, 0.2) is 11.6 Å². The Morgan fingerprint density at radius 2 is 1.80 bits per heavy atom. The fraction of sp³-hybridized carbons (Fsp3) is 0.926. The molecule has 4 aliphatic carbocycles. The van der Waals surface area contributed by atoms with Crippen LogP contribution in [0.3, 0.4) is 0 Å². The highest BCUT2D eigenvalue weighted by molar-refractivity contribution is 5.27. The highest BCUT2D eigenvalue weighted by Gasteiger charge is 2.59. The summed E-state index contributed by atoms with van der Waals surface area (Å²) in [5.41, 5.74) is 1.46. The van der Waals surface area contributed by atoms with Crippen molar-refractivity contribution in [3.8, 4) is 0 Å². The number of hydrogen-bond donors (Lipinski definition) is 2. The molecule has 0 spiro atoms. The smallest absolute Gasteiger partial charge is 0.111 e. The Hall–Kier alpha value is -0.380. The highest BCUT2D eigenvalue weighted by atomic mass is 16.5. The van der Waals surface area contributed by atoms with Crippen LogP contribution in [0.25, 0.3) is 0 Å². The minimum atomic E-state index is -0.517. The lowest BCUT2D eigenvalue weighted by molar-refractivity contribution is -0.182. The average Bonchev–Trinajstić information content (AvgIpc) is 3.04. The molecule has 2 N–H and O–H groups in total. The average molecular weight is 417 g/mol. The molecule has 3 saturated carbocycles. The molecule has 7 atom stereocenters. The van der Waals surface area contributed by atoms with Gasteiger partial charge in [0.25, 0.3) is 0 Å². The lowest BCUT2D eigenvalue weighted by Crippen LogP contribution is -2.52. The van der Waals surface area contributed by atoms with E-state index in [1.807, 2.05) is 0 Å². The van der Waals surface area contributed by atoms with Crippen LogP contribution in [-0.4, -0.2) is 34.6 Å². The number of aliphatic hydroxyl groups is 2. The van der Waals surface area contributed by atoms with Gasteiger partial charge in [-0.3, -0.25) is 0 Å². The van der Waals surface area contributed by atoms with Gasteiger partial charge in [0.05, 0.1) is 18.8 Å². The summed E-state index contributed by atoms with van der Waals surface area (Å²) in [6.45, 7) is 8.39. The predicted octanol–water partition coefficient (Wildman–Crippen LogP) is 5.64. The van der Waals surface area contributed by atoms with E-state index in [-0.39, 0.29) is 0 Å². The zero-order chi connectivity index (χ0) is 21.2. The molecule has 1 heterocycles. The van der Waals surface area contributed by atoms with E-state index in [1.165, 1.54) is 44.9 Å². The molecule has 5 aliphatic rings. The minimum absolute atomic E-state index is 0.331. The monoisotopic (exact) mass is 416 g/mol. The third-order valence-electron chi connectivity index (χ3n) is 11.0. The van der Waals surface area contributed by atoms with Crippen LogP contribution in [-0.2, 0) is 4.74 Å². The van der Waals surface area contributed by atoms with Gasteiger partial charge in [-0.15, -0.1) is 0 Å². The van der Waals surface area contributed by atoms with Gasteiger partial charge in [0.2, 0.25) is 0 Å². The van der Waals surface area contributed by atoms with E-state index >= 15 is 0 Å². The van der Waals surface area contributed by atoms with Crippen molar-refractivity contribution in [2.75, 3.05) is 13.2 Å². The summed E-state index contributed by atoms with van der Waals surface area (Å²) in [5, 5.41) is 21.3. The minimum Gasteiger partial charge on any atom is -0.390 e. The molecule has 3 nitrogen and oxygen atoms in total. The standard InChI is InChI=1S/C27H44O3/c1-4-26(28)15-14-25(3)20(16-26)7-9-21-22-10-8-19(24(22,2)13-11-23(21)25)6-5-12-27(29)17-30-18-27/h7,19,21-23,28-29H,4-6,8-18H2,1-3H3/t19?,21?,22?,23?,24?,25?,26-/m0/s1. The molecular weight excluding hydrogens is 372 g/mol. The van der Waals surface area contributed by atoms with Crippen molar-refractivity contribution >= 4 is 0 Å². The molecule has 170 valence electrons. The second-order valence-electron chi connectivity index (χ2n) is 12.4. The molecule has 4 fully saturated rings. The third-order valence-corrected chi connectivity index (χ3v) is 11.0. The van der Waals surface area contributed by atoms with Crippen LogP contribution in [0.5, 0.6) is 0 Å². The molecule has 0 aromatic heterocycles. The summed E-state index contributed by atoms with van der Waals surface area (Å²) in [6, 6.07) is 0. The van der Waals surface area contributed by atoms with Gasteiger partial charge in [-0.1, -0.05) is 38.8 Å². The topological polar surface area (TPSA) is 49.7 Å². The Labute approximate surface area is 183 Å². The van der Waals surface area contributed by atoms with Crippen molar-refractivity contribution in [2.24, 2.45) is 34.5 Å². The Bertz CT molecular complexity index is 696. The quantitative estimate of drug-likeness (QED) is 0.570. The molecule has 3 heteroatoms. The first-order chi connectivity index (χ1) is 14.2. The Morgan fingerprint density at radius 3 is 2.50 bits per heavy atom. The maximum Gasteiger partial charge on any atom is 0.111 e. The summed E-state index contributed by atoms with van der Waals surface area (Å²) < 4.78 is 5.23. The Morgan fingerprint density at radius 1 is 1.00 bits per heavy atom. The molecule has 0 amide bonds. The predicted molar refractivity (Wildman–Crippen MR) is 120 cm³/mol. The van der Waals surface area contributed by atoms with Crippen molar-refractivity contribution in [2.45, 2.75) is 109 Å². The summed E-state index contributed by atoms with van der Waals surface area (Å²) in [6.07, 6.45) is 16.7. The largest absolute Gasteiger partial charge is 0.390 e. The van der Waals surface area contributed by atoms with Crippen LogP contribution in [0.1, 0.15) is 97.8 Å².